The molecule has 1 amide bonds. The molecule has 92 valence electrons. The van der Waals surface area contributed by atoms with Gasteiger partial charge in [-0.2, -0.15) is 0 Å². The van der Waals surface area contributed by atoms with Gasteiger partial charge in [0.15, 0.2) is 12.4 Å². The maximum Gasteiger partial charge on any atom is 0.290 e. The number of anilines is 1. The molecular weight excluding hydrogens is 232 g/mol. The average Bonchev–Trinajstić information content (AvgIpc) is 2.39. The third-order valence-corrected chi connectivity index (χ3v) is 2.20. The van der Waals surface area contributed by atoms with Crippen molar-refractivity contribution < 1.29 is 9.53 Å². The Kier molecular flexibility index (Phi) is 3.76. The number of H-pyrrole nitrogens is 1. The second-order valence-electron chi connectivity index (χ2n) is 3.57. The Balaban J connectivity index is 1.90. The van der Waals surface area contributed by atoms with E-state index in [0.717, 1.165) is 0 Å². The fourth-order valence-corrected chi connectivity index (χ4v) is 1.38. The molecule has 5 nitrogen and oxygen atoms in total. The quantitative estimate of drug-likeness (QED) is 0.853. The zero-order valence-electron chi connectivity index (χ0n) is 9.55. The van der Waals surface area contributed by atoms with Crippen LogP contribution in [0.25, 0.3) is 0 Å². The predicted molar refractivity (Wildman–Crippen MR) is 67.6 cm³/mol. The molecule has 2 aromatic rings. The van der Waals surface area contributed by atoms with Gasteiger partial charge in [0, 0.05) is 11.9 Å². The number of para-hydroxylation sites is 1. The lowest BCUT2D eigenvalue weighted by Gasteiger charge is -2.06. The van der Waals surface area contributed by atoms with Gasteiger partial charge in [-0.05, 0) is 24.3 Å². The lowest BCUT2D eigenvalue weighted by atomic mass is 10.3. The minimum absolute atomic E-state index is 0.126. The summed E-state index contributed by atoms with van der Waals surface area (Å²) in [5, 5.41) is 2.66. The van der Waals surface area contributed by atoms with Gasteiger partial charge in [-0.1, -0.05) is 18.2 Å². The molecule has 5 heteroatoms. The zero-order chi connectivity index (χ0) is 12.8. The van der Waals surface area contributed by atoms with Gasteiger partial charge < -0.3 is 15.0 Å². The highest BCUT2D eigenvalue weighted by atomic mass is 16.5. The van der Waals surface area contributed by atoms with Crippen LogP contribution in [-0.2, 0) is 4.79 Å². The molecule has 1 aromatic carbocycles. The SMILES string of the molecule is O=C(COc1ccc[nH]c1=O)Nc1ccccc1. The van der Waals surface area contributed by atoms with Crippen LogP contribution in [0.5, 0.6) is 5.75 Å². The molecule has 0 saturated heterocycles. The van der Waals surface area contributed by atoms with E-state index in [1.165, 1.54) is 12.3 Å². The number of carbonyl (C=O) groups excluding carboxylic acids is 1. The number of pyridine rings is 1. The Morgan fingerprint density at radius 1 is 1.17 bits per heavy atom. The summed E-state index contributed by atoms with van der Waals surface area (Å²) in [6.45, 7) is -0.206. The van der Waals surface area contributed by atoms with Gasteiger partial charge in [0.25, 0.3) is 11.5 Å². The Morgan fingerprint density at radius 2 is 1.94 bits per heavy atom. The third-order valence-electron chi connectivity index (χ3n) is 2.20. The van der Waals surface area contributed by atoms with Crippen LogP contribution in [0.2, 0.25) is 0 Å². The molecular formula is C13H12N2O3. The lowest BCUT2D eigenvalue weighted by molar-refractivity contribution is -0.118. The van der Waals surface area contributed by atoms with E-state index in [4.69, 9.17) is 4.74 Å². The van der Waals surface area contributed by atoms with Crippen molar-refractivity contribution in [2.45, 2.75) is 0 Å². The van der Waals surface area contributed by atoms with Crippen LogP contribution in [0.4, 0.5) is 5.69 Å². The van der Waals surface area contributed by atoms with Crippen molar-refractivity contribution in [3.05, 3.63) is 59.0 Å². The van der Waals surface area contributed by atoms with Gasteiger partial charge in [-0.3, -0.25) is 9.59 Å². The molecule has 1 aromatic heterocycles. The molecule has 1 heterocycles. The highest BCUT2D eigenvalue weighted by Crippen LogP contribution is 2.05. The Bertz CT molecular complexity index is 578. The standard InChI is InChI=1S/C13H12N2O3/c16-12(15-10-5-2-1-3-6-10)9-18-11-7-4-8-14-13(11)17/h1-8H,9H2,(H,14,17)(H,15,16). The number of benzene rings is 1. The number of aromatic amines is 1. The zero-order valence-corrected chi connectivity index (χ0v) is 9.55. The summed E-state index contributed by atoms with van der Waals surface area (Å²) >= 11 is 0. The average molecular weight is 244 g/mol. The Hall–Kier alpha value is -2.56. The number of nitrogens with one attached hydrogen (secondary N) is 2. The van der Waals surface area contributed by atoms with Crippen LogP contribution in [-0.4, -0.2) is 17.5 Å². The number of hydrogen-bond donors (Lipinski definition) is 2. The van der Waals surface area contributed by atoms with Crippen molar-refractivity contribution >= 4 is 11.6 Å². The maximum atomic E-state index is 11.5. The van der Waals surface area contributed by atoms with E-state index in [0.29, 0.717) is 5.69 Å². The van der Waals surface area contributed by atoms with Crippen LogP contribution in [0, 0.1) is 0 Å². The topological polar surface area (TPSA) is 71.2 Å². The van der Waals surface area contributed by atoms with E-state index in [1.807, 2.05) is 18.2 Å². The van der Waals surface area contributed by atoms with E-state index in [9.17, 15) is 9.59 Å². The molecule has 18 heavy (non-hydrogen) atoms. The van der Waals surface area contributed by atoms with Crippen molar-refractivity contribution in [2.24, 2.45) is 0 Å². The first-order valence-electron chi connectivity index (χ1n) is 5.41. The van der Waals surface area contributed by atoms with Gasteiger partial charge in [0.05, 0.1) is 0 Å². The van der Waals surface area contributed by atoms with Crippen molar-refractivity contribution in [3.8, 4) is 5.75 Å². The second kappa shape index (κ2) is 5.67. The highest BCUT2D eigenvalue weighted by molar-refractivity contribution is 5.91. The van der Waals surface area contributed by atoms with Crippen LogP contribution in [0.3, 0.4) is 0 Å². The molecule has 0 atom stereocenters. The highest BCUT2D eigenvalue weighted by Gasteiger charge is 2.05. The number of aromatic nitrogens is 1. The largest absolute Gasteiger partial charge is 0.478 e. The minimum atomic E-state index is -0.356. The molecule has 0 saturated carbocycles. The molecule has 0 spiro atoms. The minimum Gasteiger partial charge on any atom is -0.478 e. The summed E-state index contributed by atoms with van der Waals surface area (Å²) < 4.78 is 5.11. The number of hydrogen-bond acceptors (Lipinski definition) is 3. The van der Waals surface area contributed by atoms with E-state index >= 15 is 0 Å². The summed E-state index contributed by atoms with van der Waals surface area (Å²) in [6, 6.07) is 12.2. The summed E-state index contributed by atoms with van der Waals surface area (Å²) in [4.78, 5) is 25.3. The van der Waals surface area contributed by atoms with E-state index in [2.05, 4.69) is 10.3 Å². The van der Waals surface area contributed by atoms with Gasteiger partial charge in [-0.15, -0.1) is 0 Å². The van der Waals surface area contributed by atoms with Crippen LogP contribution in [0.15, 0.2) is 53.5 Å². The first-order chi connectivity index (χ1) is 8.75. The Morgan fingerprint density at radius 3 is 2.67 bits per heavy atom. The van der Waals surface area contributed by atoms with Gasteiger partial charge in [0.1, 0.15) is 0 Å². The third kappa shape index (κ3) is 3.21. The van der Waals surface area contributed by atoms with E-state index in [1.54, 1.807) is 18.2 Å². The first kappa shape index (κ1) is 11.9. The number of rotatable bonds is 4. The molecule has 0 fully saturated rings. The molecule has 2 rings (SSSR count). The first-order valence-corrected chi connectivity index (χ1v) is 5.41. The monoisotopic (exact) mass is 244 g/mol. The van der Waals surface area contributed by atoms with Crippen molar-refractivity contribution in [1.29, 1.82) is 0 Å². The second-order valence-corrected chi connectivity index (χ2v) is 3.57. The summed E-state index contributed by atoms with van der Waals surface area (Å²) in [6.07, 6.45) is 1.50. The number of amides is 1. The van der Waals surface area contributed by atoms with Gasteiger partial charge >= 0.3 is 0 Å². The fraction of sp³-hybridized carbons (Fsp3) is 0.0769. The summed E-state index contributed by atoms with van der Waals surface area (Å²) in [7, 11) is 0. The molecule has 0 aliphatic carbocycles. The molecule has 0 radical (unpaired) electrons. The van der Waals surface area contributed by atoms with Crippen LogP contribution < -0.4 is 15.6 Å². The molecule has 0 bridgehead atoms. The van der Waals surface area contributed by atoms with Crippen molar-refractivity contribution in [2.75, 3.05) is 11.9 Å². The van der Waals surface area contributed by atoms with Crippen molar-refractivity contribution in [3.63, 3.8) is 0 Å². The molecule has 2 N–H and O–H groups in total. The van der Waals surface area contributed by atoms with E-state index in [-0.39, 0.29) is 23.8 Å². The summed E-state index contributed by atoms with van der Waals surface area (Å²) in [5.41, 5.74) is 0.332. The Labute approximate surface area is 103 Å². The lowest BCUT2D eigenvalue weighted by Crippen LogP contribution is -2.22. The van der Waals surface area contributed by atoms with Gasteiger partial charge in [-0.25, -0.2) is 0 Å². The molecule has 0 aliphatic rings. The predicted octanol–water partition coefficient (Wildman–Crippen LogP) is 1.39. The molecule has 0 aliphatic heterocycles. The van der Waals surface area contributed by atoms with Gasteiger partial charge in [0.2, 0.25) is 0 Å². The smallest absolute Gasteiger partial charge is 0.290 e. The number of carbonyl (C=O) groups is 1. The summed E-state index contributed by atoms with van der Waals surface area (Å²) in [5.74, 6) is -0.190. The molecule has 0 unspecified atom stereocenters. The maximum absolute atomic E-state index is 11.5. The van der Waals surface area contributed by atoms with Crippen LogP contribution in [0.1, 0.15) is 0 Å². The fourth-order valence-electron chi connectivity index (χ4n) is 1.38. The van der Waals surface area contributed by atoms with Crippen LogP contribution >= 0.6 is 0 Å². The normalized spacial score (nSPS) is 9.78. The number of ether oxygens (including phenoxy) is 1. The van der Waals surface area contributed by atoms with Crippen molar-refractivity contribution in [1.82, 2.24) is 4.98 Å². The van der Waals surface area contributed by atoms with E-state index < -0.39 is 0 Å².